The summed E-state index contributed by atoms with van der Waals surface area (Å²) in [5.74, 6) is -0.457. The van der Waals surface area contributed by atoms with Gasteiger partial charge in [0, 0.05) is 53.0 Å². The quantitative estimate of drug-likeness (QED) is 0.180. The number of rotatable bonds is 12. The minimum absolute atomic E-state index is 0.0487. The van der Waals surface area contributed by atoms with Crippen molar-refractivity contribution in [2.45, 2.75) is 58.2 Å². The summed E-state index contributed by atoms with van der Waals surface area (Å²) in [5.41, 5.74) is 3.19. The monoisotopic (exact) mass is 615 g/mol. The lowest BCUT2D eigenvalue weighted by molar-refractivity contribution is -0.141. The highest BCUT2D eigenvalue weighted by molar-refractivity contribution is 6.35. The SMILES string of the molecule is CC[C@H](C)NC(=O)[C@H](Cc1ccccc1)N(Cc1ccc(Cl)cc1Cl)C(=O)CCCN1C(=O)c2cccc3cccc1c23. The van der Waals surface area contributed by atoms with Crippen molar-refractivity contribution < 1.29 is 14.4 Å². The van der Waals surface area contributed by atoms with Crippen LogP contribution < -0.4 is 10.2 Å². The van der Waals surface area contributed by atoms with Crippen molar-refractivity contribution in [3.05, 3.63) is 112 Å². The zero-order valence-corrected chi connectivity index (χ0v) is 25.9. The van der Waals surface area contributed by atoms with Crippen molar-refractivity contribution in [1.29, 1.82) is 0 Å². The average Bonchev–Trinajstić information content (AvgIpc) is 3.28. The van der Waals surface area contributed by atoms with Gasteiger partial charge < -0.3 is 15.1 Å². The second-order valence-corrected chi connectivity index (χ2v) is 11.9. The first kappa shape index (κ1) is 30.6. The van der Waals surface area contributed by atoms with E-state index in [1.165, 1.54) is 0 Å². The molecule has 0 spiro atoms. The molecule has 1 heterocycles. The predicted molar refractivity (Wildman–Crippen MR) is 174 cm³/mol. The maximum atomic E-state index is 14.1. The minimum atomic E-state index is -0.762. The molecule has 0 fully saturated rings. The van der Waals surface area contributed by atoms with Crippen LogP contribution >= 0.6 is 23.2 Å². The highest BCUT2D eigenvalue weighted by Gasteiger charge is 2.33. The zero-order valence-electron chi connectivity index (χ0n) is 24.4. The van der Waals surface area contributed by atoms with Crippen LogP contribution in [0.15, 0.2) is 84.9 Å². The number of carbonyl (C=O) groups excluding carboxylic acids is 3. The molecule has 1 N–H and O–H groups in total. The first-order valence-electron chi connectivity index (χ1n) is 14.7. The van der Waals surface area contributed by atoms with E-state index in [1.54, 1.807) is 28.0 Å². The molecular formula is C35H35Cl2N3O3. The highest BCUT2D eigenvalue weighted by atomic mass is 35.5. The number of carbonyl (C=O) groups is 3. The number of hydrogen-bond donors (Lipinski definition) is 1. The van der Waals surface area contributed by atoms with Crippen LogP contribution in [0.4, 0.5) is 5.69 Å². The molecule has 1 aliphatic heterocycles. The molecule has 222 valence electrons. The Morgan fingerprint density at radius 3 is 2.42 bits per heavy atom. The number of amides is 3. The first-order valence-corrected chi connectivity index (χ1v) is 15.4. The summed E-state index contributed by atoms with van der Waals surface area (Å²) in [4.78, 5) is 44.4. The fourth-order valence-electron chi connectivity index (χ4n) is 5.56. The third-order valence-electron chi connectivity index (χ3n) is 8.05. The fraction of sp³-hybridized carbons (Fsp3) is 0.286. The second-order valence-electron chi connectivity index (χ2n) is 11.0. The molecule has 2 atom stereocenters. The summed E-state index contributed by atoms with van der Waals surface area (Å²) in [5, 5.41) is 5.97. The molecule has 43 heavy (non-hydrogen) atoms. The van der Waals surface area contributed by atoms with E-state index in [0.29, 0.717) is 40.6 Å². The van der Waals surface area contributed by atoms with Crippen molar-refractivity contribution >= 4 is 57.4 Å². The summed E-state index contributed by atoms with van der Waals surface area (Å²) >= 11 is 12.7. The van der Waals surface area contributed by atoms with Gasteiger partial charge in [-0.2, -0.15) is 0 Å². The molecule has 0 radical (unpaired) electrons. The Kier molecular flexibility index (Phi) is 9.69. The summed E-state index contributed by atoms with van der Waals surface area (Å²) in [6, 6.07) is 25.7. The number of nitrogens with one attached hydrogen (secondary N) is 1. The molecule has 0 aliphatic carbocycles. The lowest BCUT2D eigenvalue weighted by atomic mass is 10.0. The van der Waals surface area contributed by atoms with Crippen LogP contribution in [0.1, 0.15) is 54.6 Å². The molecule has 4 aromatic rings. The van der Waals surface area contributed by atoms with Gasteiger partial charge in [0.05, 0.1) is 5.69 Å². The van der Waals surface area contributed by atoms with Gasteiger partial charge in [0.25, 0.3) is 5.91 Å². The number of halogens is 2. The van der Waals surface area contributed by atoms with E-state index in [4.69, 9.17) is 23.2 Å². The van der Waals surface area contributed by atoms with E-state index in [1.807, 2.05) is 80.6 Å². The normalized spacial score (nSPS) is 13.7. The number of nitrogens with zero attached hydrogens (tertiary/aromatic N) is 2. The van der Waals surface area contributed by atoms with Crippen LogP contribution in [-0.4, -0.2) is 41.2 Å². The van der Waals surface area contributed by atoms with Gasteiger partial charge in [-0.25, -0.2) is 0 Å². The van der Waals surface area contributed by atoms with E-state index in [9.17, 15) is 14.4 Å². The number of anilines is 1. The Labute approximate surface area is 262 Å². The van der Waals surface area contributed by atoms with Crippen LogP contribution in [-0.2, 0) is 22.6 Å². The number of hydrogen-bond acceptors (Lipinski definition) is 3. The Bertz CT molecular complexity index is 1640. The molecule has 0 aromatic heterocycles. The van der Waals surface area contributed by atoms with Crippen LogP contribution in [0, 0.1) is 0 Å². The maximum Gasteiger partial charge on any atom is 0.258 e. The van der Waals surface area contributed by atoms with Crippen LogP contribution in [0.25, 0.3) is 10.8 Å². The van der Waals surface area contributed by atoms with Crippen molar-refractivity contribution in [3.8, 4) is 0 Å². The topological polar surface area (TPSA) is 69.7 Å². The lowest BCUT2D eigenvalue weighted by Gasteiger charge is -2.33. The molecule has 6 nitrogen and oxygen atoms in total. The van der Waals surface area contributed by atoms with Crippen LogP contribution in [0.5, 0.6) is 0 Å². The Morgan fingerprint density at radius 1 is 0.953 bits per heavy atom. The lowest BCUT2D eigenvalue weighted by Crippen LogP contribution is -2.52. The van der Waals surface area contributed by atoms with E-state index < -0.39 is 6.04 Å². The van der Waals surface area contributed by atoms with Crippen LogP contribution in [0.3, 0.4) is 0 Å². The van der Waals surface area contributed by atoms with Gasteiger partial charge in [-0.15, -0.1) is 0 Å². The highest BCUT2D eigenvalue weighted by Crippen LogP contribution is 2.37. The zero-order chi connectivity index (χ0) is 30.5. The largest absolute Gasteiger partial charge is 0.352 e. The van der Waals surface area contributed by atoms with E-state index in [-0.39, 0.29) is 36.7 Å². The number of benzene rings is 4. The second kappa shape index (κ2) is 13.6. The van der Waals surface area contributed by atoms with Gasteiger partial charge in [0.15, 0.2) is 0 Å². The molecule has 5 rings (SSSR count). The molecule has 0 unspecified atom stereocenters. The third-order valence-corrected chi connectivity index (χ3v) is 8.64. The Morgan fingerprint density at radius 2 is 1.70 bits per heavy atom. The minimum Gasteiger partial charge on any atom is -0.352 e. The fourth-order valence-corrected chi connectivity index (χ4v) is 6.03. The van der Waals surface area contributed by atoms with Crippen LogP contribution in [0.2, 0.25) is 10.0 Å². The van der Waals surface area contributed by atoms with E-state index in [0.717, 1.165) is 28.4 Å². The van der Waals surface area contributed by atoms with Crippen molar-refractivity contribution in [1.82, 2.24) is 10.2 Å². The standard InChI is InChI=1S/C35H35Cl2N3O3/c1-3-23(2)38-34(42)31(20-24-10-5-4-6-11-24)40(22-26-17-18-27(36)21-29(26)37)32(41)16-9-19-39-30-15-8-13-25-12-7-14-28(33(25)30)35(39)43/h4-8,10-15,17-18,21,23,31H,3,9,16,19-20,22H2,1-2H3,(H,38,42)/t23-,31-/m0/s1. The molecule has 4 aromatic carbocycles. The molecule has 1 aliphatic rings. The Balaban J connectivity index is 1.40. The first-order chi connectivity index (χ1) is 20.8. The summed E-state index contributed by atoms with van der Waals surface area (Å²) in [6.45, 7) is 4.49. The van der Waals surface area contributed by atoms with Gasteiger partial charge >= 0.3 is 0 Å². The summed E-state index contributed by atoms with van der Waals surface area (Å²) in [6.07, 6.45) is 1.70. The molecule has 0 saturated heterocycles. The molecule has 0 bridgehead atoms. The van der Waals surface area contributed by atoms with Crippen molar-refractivity contribution in [3.63, 3.8) is 0 Å². The van der Waals surface area contributed by atoms with Gasteiger partial charge in [-0.3, -0.25) is 14.4 Å². The van der Waals surface area contributed by atoms with Crippen molar-refractivity contribution in [2.24, 2.45) is 0 Å². The van der Waals surface area contributed by atoms with Gasteiger partial charge in [0.2, 0.25) is 11.8 Å². The van der Waals surface area contributed by atoms with E-state index in [2.05, 4.69) is 5.32 Å². The predicted octanol–water partition coefficient (Wildman–Crippen LogP) is 7.44. The van der Waals surface area contributed by atoms with E-state index >= 15 is 0 Å². The molecule has 8 heteroatoms. The third kappa shape index (κ3) is 6.87. The van der Waals surface area contributed by atoms with Gasteiger partial charge in [-0.05, 0) is 60.5 Å². The Hall–Kier alpha value is -3.87. The van der Waals surface area contributed by atoms with Gasteiger partial charge in [-0.1, -0.05) is 90.8 Å². The average molecular weight is 617 g/mol. The molecule has 3 amide bonds. The molecular weight excluding hydrogens is 581 g/mol. The van der Waals surface area contributed by atoms with Crippen molar-refractivity contribution in [2.75, 3.05) is 11.4 Å². The molecule has 0 saturated carbocycles. The maximum absolute atomic E-state index is 14.1. The van der Waals surface area contributed by atoms with Gasteiger partial charge in [0.1, 0.15) is 6.04 Å². The summed E-state index contributed by atoms with van der Waals surface area (Å²) < 4.78 is 0. The summed E-state index contributed by atoms with van der Waals surface area (Å²) in [7, 11) is 0. The smallest absolute Gasteiger partial charge is 0.258 e.